The molecule has 0 aromatic heterocycles. The van der Waals surface area contributed by atoms with Gasteiger partial charge in [0.25, 0.3) is 0 Å². The third-order valence-electron chi connectivity index (χ3n) is 3.94. The lowest BCUT2D eigenvalue weighted by Gasteiger charge is -2.07. The molecule has 0 N–H and O–H groups in total. The van der Waals surface area contributed by atoms with Gasteiger partial charge in [0.15, 0.2) is 0 Å². The van der Waals surface area contributed by atoms with Crippen LogP contribution in [0.5, 0.6) is 0 Å². The average molecular weight is 331 g/mol. The number of methoxy groups -OCH3 is 1. The summed E-state index contributed by atoms with van der Waals surface area (Å²) in [5.74, 6) is -0.547. The van der Waals surface area contributed by atoms with E-state index in [9.17, 15) is 13.2 Å². The lowest BCUT2D eigenvalue weighted by atomic mass is 10.1. The van der Waals surface area contributed by atoms with Crippen molar-refractivity contribution in [1.82, 2.24) is 4.31 Å². The van der Waals surface area contributed by atoms with Crippen LogP contribution in [0.25, 0.3) is 0 Å². The number of sulfonamides is 1. The summed E-state index contributed by atoms with van der Waals surface area (Å²) in [7, 11) is -2.49. The highest BCUT2D eigenvalue weighted by molar-refractivity contribution is 7.89. The van der Waals surface area contributed by atoms with E-state index in [-0.39, 0.29) is 4.90 Å². The number of benzene rings is 2. The van der Waals surface area contributed by atoms with E-state index < -0.39 is 28.1 Å². The first-order valence-corrected chi connectivity index (χ1v) is 8.64. The number of aryl methyl sites for hydroxylation is 1. The predicted molar refractivity (Wildman–Crippen MR) is 85.2 cm³/mol. The van der Waals surface area contributed by atoms with Gasteiger partial charge in [0.2, 0.25) is 10.0 Å². The van der Waals surface area contributed by atoms with Gasteiger partial charge in [-0.05, 0) is 24.6 Å². The molecule has 0 saturated carbocycles. The van der Waals surface area contributed by atoms with Crippen molar-refractivity contribution in [3.63, 3.8) is 0 Å². The Hall–Kier alpha value is -2.18. The lowest BCUT2D eigenvalue weighted by molar-refractivity contribution is -0.140. The van der Waals surface area contributed by atoms with Crippen LogP contribution in [-0.2, 0) is 19.6 Å². The molecule has 120 valence electrons. The minimum Gasteiger partial charge on any atom is -0.468 e. The van der Waals surface area contributed by atoms with Gasteiger partial charge >= 0.3 is 5.97 Å². The normalized spacial score (nSPS) is 23.3. The van der Waals surface area contributed by atoms with Crippen molar-refractivity contribution in [3.05, 3.63) is 65.7 Å². The number of hydrogen-bond acceptors (Lipinski definition) is 4. The Bertz CT molecular complexity index is 815. The maximum absolute atomic E-state index is 12.8. The van der Waals surface area contributed by atoms with Gasteiger partial charge in [0.1, 0.15) is 6.04 Å². The van der Waals surface area contributed by atoms with Crippen LogP contribution < -0.4 is 0 Å². The second kappa shape index (κ2) is 5.79. The molecular formula is C17H17NO4S. The second-order valence-corrected chi connectivity index (χ2v) is 7.31. The summed E-state index contributed by atoms with van der Waals surface area (Å²) in [5, 5.41) is 0. The first-order chi connectivity index (χ1) is 11.0. The van der Waals surface area contributed by atoms with Crippen LogP contribution in [0.1, 0.15) is 17.2 Å². The Labute approximate surface area is 135 Å². The Morgan fingerprint density at radius 2 is 1.65 bits per heavy atom. The summed E-state index contributed by atoms with van der Waals surface area (Å²) >= 11 is 0. The van der Waals surface area contributed by atoms with Crippen molar-refractivity contribution in [2.24, 2.45) is 0 Å². The van der Waals surface area contributed by atoms with Crippen LogP contribution in [-0.4, -0.2) is 31.8 Å². The molecule has 1 heterocycles. The molecule has 2 aromatic rings. The van der Waals surface area contributed by atoms with E-state index in [4.69, 9.17) is 4.74 Å². The van der Waals surface area contributed by atoms with Gasteiger partial charge in [-0.3, -0.25) is 4.79 Å². The van der Waals surface area contributed by atoms with E-state index in [0.717, 1.165) is 11.1 Å². The molecule has 0 radical (unpaired) electrons. The molecule has 3 atom stereocenters. The molecule has 3 unspecified atom stereocenters. The molecule has 0 spiro atoms. The van der Waals surface area contributed by atoms with Crippen molar-refractivity contribution >= 4 is 16.0 Å². The fourth-order valence-corrected chi connectivity index (χ4v) is 4.38. The molecule has 0 amide bonds. The van der Waals surface area contributed by atoms with E-state index in [1.165, 1.54) is 11.4 Å². The zero-order chi connectivity index (χ0) is 16.6. The zero-order valence-corrected chi connectivity index (χ0v) is 13.7. The summed E-state index contributed by atoms with van der Waals surface area (Å²) in [6.07, 6.45) is 0. The minimum atomic E-state index is -3.75. The molecule has 1 aliphatic rings. The van der Waals surface area contributed by atoms with Crippen LogP contribution in [0.2, 0.25) is 0 Å². The van der Waals surface area contributed by atoms with Crippen LogP contribution in [0.4, 0.5) is 0 Å². The average Bonchev–Trinajstić information content (AvgIpc) is 3.32. The number of rotatable bonds is 4. The number of nitrogens with zero attached hydrogens (tertiary/aromatic N) is 1. The van der Waals surface area contributed by atoms with Crippen LogP contribution in [0.3, 0.4) is 0 Å². The van der Waals surface area contributed by atoms with Crippen LogP contribution in [0, 0.1) is 6.92 Å². The molecule has 0 bridgehead atoms. The molecule has 23 heavy (non-hydrogen) atoms. The van der Waals surface area contributed by atoms with Gasteiger partial charge in [-0.15, -0.1) is 0 Å². The predicted octanol–water partition coefficient (Wildman–Crippen LogP) is 2.28. The third-order valence-corrected chi connectivity index (χ3v) is 5.82. The Morgan fingerprint density at radius 3 is 2.22 bits per heavy atom. The van der Waals surface area contributed by atoms with E-state index in [0.29, 0.717) is 0 Å². The minimum absolute atomic E-state index is 0.176. The maximum Gasteiger partial charge on any atom is 0.326 e. The van der Waals surface area contributed by atoms with Gasteiger partial charge in [0.05, 0.1) is 18.0 Å². The van der Waals surface area contributed by atoms with Gasteiger partial charge in [0, 0.05) is 0 Å². The van der Waals surface area contributed by atoms with Crippen molar-refractivity contribution in [1.29, 1.82) is 0 Å². The number of esters is 1. The smallest absolute Gasteiger partial charge is 0.326 e. The van der Waals surface area contributed by atoms with E-state index >= 15 is 0 Å². The number of carbonyl (C=O) groups excluding carboxylic acids is 1. The summed E-state index contributed by atoms with van der Waals surface area (Å²) < 4.78 is 31.6. The van der Waals surface area contributed by atoms with Gasteiger partial charge in [-0.25, -0.2) is 8.42 Å². The van der Waals surface area contributed by atoms with Crippen molar-refractivity contribution in [2.75, 3.05) is 7.11 Å². The molecule has 1 fully saturated rings. The number of hydrogen-bond donors (Lipinski definition) is 0. The number of ether oxygens (including phenoxy) is 1. The Balaban J connectivity index is 1.99. The second-order valence-electron chi connectivity index (χ2n) is 5.47. The SMILES string of the molecule is COC(=O)C1C(c2ccccc2)N1S(=O)(=O)c1ccc(C)cc1. The first kappa shape index (κ1) is 15.7. The molecule has 6 heteroatoms. The summed E-state index contributed by atoms with van der Waals surface area (Å²) in [6, 6.07) is 14.4. The summed E-state index contributed by atoms with van der Waals surface area (Å²) in [5.41, 5.74) is 1.75. The summed E-state index contributed by atoms with van der Waals surface area (Å²) in [6.45, 7) is 1.89. The fourth-order valence-electron chi connectivity index (χ4n) is 2.68. The van der Waals surface area contributed by atoms with Gasteiger partial charge in [-0.1, -0.05) is 48.0 Å². The van der Waals surface area contributed by atoms with Crippen molar-refractivity contribution < 1.29 is 17.9 Å². The van der Waals surface area contributed by atoms with Gasteiger partial charge < -0.3 is 4.74 Å². The lowest BCUT2D eigenvalue weighted by Crippen LogP contribution is -2.20. The molecule has 2 aromatic carbocycles. The number of carbonyl (C=O) groups is 1. The third kappa shape index (κ3) is 2.75. The highest BCUT2D eigenvalue weighted by atomic mass is 32.2. The zero-order valence-electron chi connectivity index (χ0n) is 12.8. The largest absolute Gasteiger partial charge is 0.468 e. The highest BCUT2D eigenvalue weighted by Crippen LogP contribution is 2.48. The van der Waals surface area contributed by atoms with E-state index in [1.54, 1.807) is 24.3 Å². The standard InChI is InChI=1S/C17H17NO4S/c1-12-8-10-14(11-9-12)23(20,21)18-15(16(18)17(19)22-2)13-6-4-3-5-7-13/h3-11,15-16H,1-2H3. The highest BCUT2D eigenvalue weighted by Gasteiger charge is 2.61. The molecule has 5 nitrogen and oxygen atoms in total. The monoisotopic (exact) mass is 331 g/mol. The Morgan fingerprint density at radius 1 is 1.04 bits per heavy atom. The molecule has 1 aliphatic heterocycles. The summed E-state index contributed by atoms with van der Waals surface area (Å²) in [4.78, 5) is 12.1. The van der Waals surface area contributed by atoms with Crippen LogP contribution >= 0.6 is 0 Å². The van der Waals surface area contributed by atoms with Crippen molar-refractivity contribution in [3.8, 4) is 0 Å². The quantitative estimate of drug-likeness (QED) is 0.637. The molecular weight excluding hydrogens is 314 g/mol. The molecule has 1 saturated heterocycles. The molecule has 0 aliphatic carbocycles. The Kier molecular flexibility index (Phi) is 3.95. The first-order valence-electron chi connectivity index (χ1n) is 7.20. The fraction of sp³-hybridized carbons (Fsp3) is 0.235. The molecule has 3 rings (SSSR count). The van der Waals surface area contributed by atoms with Crippen LogP contribution in [0.15, 0.2) is 59.5 Å². The maximum atomic E-state index is 12.8. The van der Waals surface area contributed by atoms with Gasteiger partial charge in [-0.2, -0.15) is 4.31 Å². The van der Waals surface area contributed by atoms with E-state index in [1.807, 2.05) is 37.3 Å². The van der Waals surface area contributed by atoms with E-state index in [2.05, 4.69) is 0 Å². The van der Waals surface area contributed by atoms with Crippen molar-refractivity contribution in [2.45, 2.75) is 23.9 Å². The topological polar surface area (TPSA) is 63.5 Å².